The summed E-state index contributed by atoms with van der Waals surface area (Å²) in [6.45, 7) is 1.15. The van der Waals surface area contributed by atoms with Gasteiger partial charge in [0.05, 0.1) is 0 Å². The summed E-state index contributed by atoms with van der Waals surface area (Å²) in [4.78, 5) is 13.9. The van der Waals surface area contributed by atoms with Crippen LogP contribution in [0.25, 0.3) is 0 Å². The van der Waals surface area contributed by atoms with Crippen molar-refractivity contribution in [2.24, 2.45) is 0 Å². The van der Waals surface area contributed by atoms with Gasteiger partial charge in [-0.2, -0.15) is 4.31 Å². The smallest absolute Gasteiger partial charge is 0.253 e. The lowest BCUT2D eigenvalue weighted by Gasteiger charge is -2.33. The number of hydrogen-bond acceptors (Lipinski definition) is 4. The van der Waals surface area contributed by atoms with Crippen LogP contribution in [0, 0.1) is 5.82 Å². The second-order valence-electron chi connectivity index (χ2n) is 5.14. The standard InChI is InChI=1S/C15H15FN2O3S2/c16-13-5-3-12(4-6-13)15(19)17-7-9-18(10-8-17)23(20,21)14-2-1-11-22-14/h1-6,11H,7-10H2. The van der Waals surface area contributed by atoms with Crippen LogP contribution in [0.2, 0.25) is 0 Å². The van der Waals surface area contributed by atoms with Gasteiger partial charge in [0.2, 0.25) is 0 Å². The number of benzene rings is 1. The molecular weight excluding hydrogens is 339 g/mol. The van der Waals surface area contributed by atoms with Gasteiger partial charge in [-0.3, -0.25) is 4.79 Å². The Morgan fingerprint density at radius 3 is 2.26 bits per heavy atom. The Kier molecular flexibility index (Phi) is 4.47. The Morgan fingerprint density at radius 2 is 1.70 bits per heavy atom. The number of thiophene rings is 1. The van der Waals surface area contributed by atoms with E-state index < -0.39 is 15.8 Å². The molecule has 8 heteroatoms. The summed E-state index contributed by atoms with van der Waals surface area (Å²) < 4.78 is 39.5. The molecule has 2 aromatic rings. The molecule has 1 aromatic carbocycles. The summed E-state index contributed by atoms with van der Waals surface area (Å²) in [7, 11) is -3.47. The maximum absolute atomic E-state index is 12.9. The number of hydrogen-bond donors (Lipinski definition) is 0. The Morgan fingerprint density at radius 1 is 1.04 bits per heavy atom. The van der Waals surface area contributed by atoms with Crippen LogP contribution in [0.3, 0.4) is 0 Å². The predicted molar refractivity (Wildman–Crippen MR) is 85.4 cm³/mol. The first-order chi connectivity index (χ1) is 11.0. The molecule has 0 radical (unpaired) electrons. The molecular formula is C15H15FN2O3S2. The molecule has 0 aliphatic carbocycles. The van der Waals surface area contributed by atoms with Gasteiger partial charge >= 0.3 is 0 Å². The van der Waals surface area contributed by atoms with Crippen LogP contribution < -0.4 is 0 Å². The lowest BCUT2D eigenvalue weighted by Crippen LogP contribution is -2.50. The van der Waals surface area contributed by atoms with E-state index in [0.29, 0.717) is 22.9 Å². The van der Waals surface area contributed by atoms with Crippen LogP contribution in [-0.4, -0.2) is 49.7 Å². The molecule has 23 heavy (non-hydrogen) atoms. The summed E-state index contributed by atoms with van der Waals surface area (Å²) in [5, 5.41) is 1.72. The van der Waals surface area contributed by atoms with Crippen molar-refractivity contribution in [3.63, 3.8) is 0 Å². The number of carbonyl (C=O) groups excluding carboxylic acids is 1. The number of sulfonamides is 1. The topological polar surface area (TPSA) is 57.7 Å². The lowest BCUT2D eigenvalue weighted by atomic mass is 10.2. The van der Waals surface area contributed by atoms with E-state index in [1.807, 2.05) is 0 Å². The lowest BCUT2D eigenvalue weighted by molar-refractivity contribution is 0.0698. The maximum Gasteiger partial charge on any atom is 0.253 e. The van der Waals surface area contributed by atoms with Crippen molar-refractivity contribution in [2.75, 3.05) is 26.2 Å². The van der Waals surface area contributed by atoms with Crippen molar-refractivity contribution in [2.45, 2.75) is 4.21 Å². The summed E-state index contributed by atoms with van der Waals surface area (Å²) in [5.41, 5.74) is 0.404. The van der Waals surface area contributed by atoms with Gasteiger partial charge in [-0.1, -0.05) is 6.07 Å². The van der Waals surface area contributed by atoms with E-state index in [4.69, 9.17) is 0 Å². The molecule has 0 N–H and O–H groups in total. The zero-order chi connectivity index (χ0) is 16.4. The fourth-order valence-corrected chi connectivity index (χ4v) is 5.01. The van der Waals surface area contributed by atoms with E-state index in [9.17, 15) is 17.6 Å². The largest absolute Gasteiger partial charge is 0.336 e. The molecule has 1 fully saturated rings. The normalized spacial score (nSPS) is 16.5. The molecule has 0 saturated carbocycles. The molecule has 122 valence electrons. The SMILES string of the molecule is O=C(c1ccc(F)cc1)N1CCN(S(=O)(=O)c2cccs2)CC1. The minimum absolute atomic E-state index is 0.210. The molecule has 1 amide bonds. The first kappa shape index (κ1) is 16.1. The fraction of sp³-hybridized carbons (Fsp3) is 0.267. The van der Waals surface area contributed by atoms with Crippen molar-refractivity contribution >= 4 is 27.3 Å². The van der Waals surface area contributed by atoms with E-state index in [2.05, 4.69) is 0 Å². The number of piperazine rings is 1. The monoisotopic (exact) mass is 354 g/mol. The van der Waals surface area contributed by atoms with Crippen molar-refractivity contribution < 1.29 is 17.6 Å². The quantitative estimate of drug-likeness (QED) is 0.847. The van der Waals surface area contributed by atoms with Crippen LogP contribution in [-0.2, 0) is 10.0 Å². The molecule has 0 bridgehead atoms. The Hall–Kier alpha value is -1.77. The molecule has 1 saturated heterocycles. The van der Waals surface area contributed by atoms with Crippen LogP contribution in [0.15, 0.2) is 46.0 Å². The van der Waals surface area contributed by atoms with Gasteiger partial charge in [-0.15, -0.1) is 11.3 Å². The van der Waals surface area contributed by atoms with Crippen LogP contribution >= 0.6 is 11.3 Å². The van der Waals surface area contributed by atoms with E-state index in [1.54, 1.807) is 22.4 Å². The predicted octanol–water partition coefficient (Wildman–Crippen LogP) is 2.03. The number of carbonyl (C=O) groups is 1. The van der Waals surface area contributed by atoms with E-state index >= 15 is 0 Å². The maximum atomic E-state index is 12.9. The summed E-state index contributed by atoms with van der Waals surface area (Å²) in [6, 6.07) is 8.64. The minimum Gasteiger partial charge on any atom is -0.336 e. The fourth-order valence-electron chi connectivity index (χ4n) is 2.44. The second-order valence-corrected chi connectivity index (χ2v) is 8.25. The number of nitrogens with zero attached hydrogens (tertiary/aromatic N) is 2. The molecule has 5 nitrogen and oxygen atoms in total. The minimum atomic E-state index is -3.47. The molecule has 3 rings (SSSR count). The zero-order valence-electron chi connectivity index (χ0n) is 12.2. The van der Waals surface area contributed by atoms with Crippen molar-refractivity contribution in [3.05, 3.63) is 53.2 Å². The van der Waals surface area contributed by atoms with E-state index in [1.165, 1.54) is 39.9 Å². The summed E-state index contributed by atoms with van der Waals surface area (Å²) in [5.74, 6) is -0.605. The highest BCUT2D eigenvalue weighted by molar-refractivity contribution is 7.91. The average molecular weight is 354 g/mol. The number of amides is 1. The van der Waals surface area contributed by atoms with E-state index in [0.717, 1.165) is 0 Å². The number of halogens is 1. The van der Waals surface area contributed by atoms with Gasteiger partial charge in [0.1, 0.15) is 10.0 Å². The first-order valence-corrected chi connectivity index (χ1v) is 9.39. The highest BCUT2D eigenvalue weighted by Gasteiger charge is 2.30. The molecule has 2 heterocycles. The first-order valence-electron chi connectivity index (χ1n) is 7.07. The molecule has 0 atom stereocenters. The van der Waals surface area contributed by atoms with Crippen LogP contribution in [0.5, 0.6) is 0 Å². The zero-order valence-corrected chi connectivity index (χ0v) is 13.8. The van der Waals surface area contributed by atoms with Gasteiger partial charge in [0.15, 0.2) is 0 Å². The third kappa shape index (κ3) is 3.29. The molecule has 0 unspecified atom stereocenters. The third-order valence-electron chi connectivity index (χ3n) is 3.71. The van der Waals surface area contributed by atoms with Crippen molar-refractivity contribution in [1.82, 2.24) is 9.21 Å². The second kappa shape index (κ2) is 6.38. The van der Waals surface area contributed by atoms with Gasteiger partial charge < -0.3 is 4.90 Å². The van der Waals surface area contributed by atoms with Crippen molar-refractivity contribution in [1.29, 1.82) is 0 Å². The van der Waals surface area contributed by atoms with Gasteiger partial charge in [-0.25, -0.2) is 12.8 Å². The Balaban J connectivity index is 1.67. The van der Waals surface area contributed by atoms with Gasteiger partial charge in [-0.05, 0) is 35.7 Å². The third-order valence-corrected chi connectivity index (χ3v) is 6.98. The van der Waals surface area contributed by atoms with Gasteiger partial charge in [0, 0.05) is 31.7 Å². The van der Waals surface area contributed by atoms with Gasteiger partial charge in [0.25, 0.3) is 15.9 Å². The van der Waals surface area contributed by atoms with Crippen molar-refractivity contribution in [3.8, 4) is 0 Å². The molecule has 0 spiro atoms. The van der Waals surface area contributed by atoms with Crippen LogP contribution in [0.1, 0.15) is 10.4 Å². The molecule has 1 aliphatic heterocycles. The Labute approximate surface area is 138 Å². The molecule has 1 aromatic heterocycles. The highest BCUT2D eigenvalue weighted by atomic mass is 32.2. The average Bonchev–Trinajstić information content (AvgIpc) is 3.10. The van der Waals surface area contributed by atoms with Crippen LogP contribution in [0.4, 0.5) is 4.39 Å². The molecule has 1 aliphatic rings. The van der Waals surface area contributed by atoms with E-state index in [-0.39, 0.29) is 19.0 Å². The summed E-state index contributed by atoms with van der Waals surface area (Å²) >= 11 is 1.18. The Bertz CT molecular complexity index is 781. The number of rotatable bonds is 3. The summed E-state index contributed by atoms with van der Waals surface area (Å²) in [6.07, 6.45) is 0. The highest BCUT2D eigenvalue weighted by Crippen LogP contribution is 2.22.